The molecule has 0 aliphatic heterocycles. The number of hydrogen-bond acceptors (Lipinski definition) is 1. The Morgan fingerprint density at radius 1 is 1.28 bits per heavy atom. The average Bonchev–Trinajstić information content (AvgIpc) is 2.82. The van der Waals surface area contributed by atoms with E-state index < -0.39 is 11.6 Å². The molecule has 3 rings (SSSR count). The Kier molecular flexibility index (Phi) is 3.10. The maximum Gasteiger partial charge on any atom is 0.129 e. The van der Waals surface area contributed by atoms with Gasteiger partial charge < -0.3 is 5.32 Å². The molecule has 1 N–H and O–H groups in total. The van der Waals surface area contributed by atoms with Gasteiger partial charge >= 0.3 is 0 Å². The molecule has 2 aliphatic carbocycles. The number of likely N-dealkylation sites (N-methyl/N-ethyl adjacent to an activating group) is 1. The zero-order valence-corrected chi connectivity index (χ0v) is 10.6. The highest BCUT2D eigenvalue weighted by Gasteiger charge is 2.55. The van der Waals surface area contributed by atoms with Crippen molar-refractivity contribution in [2.45, 2.75) is 31.7 Å². The van der Waals surface area contributed by atoms with Gasteiger partial charge in [0.1, 0.15) is 11.6 Å². The van der Waals surface area contributed by atoms with Gasteiger partial charge in [0, 0.05) is 12.1 Å². The Morgan fingerprint density at radius 2 is 2.00 bits per heavy atom. The van der Waals surface area contributed by atoms with Gasteiger partial charge in [-0.1, -0.05) is 12.5 Å². The van der Waals surface area contributed by atoms with Crippen LogP contribution in [-0.2, 0) is 6.42 Å². The van der Waals surface area contributed by atoms with Crippen LogP contribution in [0.2, 0.25) is 0 Å². The smallest absolute Gasteiger partial charge is 0.129 e. The van der Waals surface area contributed by atoms with Crippen LogP contribution in [0.1, 0.15) is 24.8 Å². The summed E-state index contributed by atoms with van der Waals surface area (Å²) in [7, 11) is 1.94. The molecule has 3 atom stereocenters. The molecule has 3 unspecified atom stereocenters. The predicted octanol–water partition coefficient (Wildman–Crippen LogP) is 3.14. The second-order valence-electron chi connectivity index (χ2n) is 5.67. The molecule has 2 fully saturated rings. The monoisotopic (exact) mass is 251 g/mol. The van der Waals surface area contributed by atoms with E-state index in [1.54, 1.807) is 6.07 Å². The van der Waals surface area contributed by atoms with Gasteiger partial charge in [-0.25, -0.2) is 8.78 Å². The molecule has 0 heterocycles. The first-order valence-electron chi connectivity index (χ1n) is 6.82. The first-order chi connectivity index (χ1) is 8.70. The normalized spacial score (nSPS) is 31.2. The van der Waals surface area contributed by atoms with Crippen LogP contribution < -0.4 is 5.32 Å². The van der Waals surface area contributed by atoms with Crippen LogP contribution in [0.25, 0.3) is 0 Å². The molecule has 2 saturated carbocycles. The van der Waals surface area contributed by atoms with Crippen LogP contribution in [0.15, 0.2) is 18.2 Å². The lowest BCUT2D eigenvalue weighted by Crippen LogP contribution is -2.32. The zero-order valence-electron chi connectivity index (χ0n) is 10.6. The van der Waals surface area contributed by atoms with Crippen molar-refractivity contribution in [1.82, 2.24) is 5.32 Å². The van der Waals surface area contributed by atoms with Crippen molar-refractivity contribution in [1.29, 1.82) is 0 Å². The summed E-state index contributed by atoms with van der Waals surface area (Å²) in [6.07, 6.45) is 4.69. The van der Waals surface area contributed by atoms with Crippen molar-refractivity contribution >= 4 is 0 Å². The Morgan fingerprint density at radius 3 is 2.61 bits per heavy atom. The Bertz CT molecular complexity index is 436. The molecule has 0 spiro atoms. The molecule has 3 heteroatoms. The molecular weight excluding hydrogens is 232 g/mol. The van der Waals surface area contributed by atoms with E-state index in [4.69, 9.17) is 0 Å². The summed E-state index contributed by atoms with van der Waals surface area (Å²) in [5.74, 6) is 1.49. The minimum absolute atomic E-state index is 0.334. The number of halogens is 2. The van der Waals surface area contributed by atoms with Crippen LogP contribution in [-0.4, -0.2) is 13.1 Å². The van der Waals surface area contributed by atoms with Crippen LogP contribution >= 0.6 is 0 Å². The fourth-order valence-electron chi connectivity index (χ4n) is 3.83. The van der Waals surface area contributed by atoms with Crippen molar-refractivity contribution in [2.24, 2.45) is 17.8 Å². The molecule has 0 amide bonds. The number of nitrogens with one attached hydrogen (secondary N) is 1. The lowest BCUT2D eigenvalue weighted by atomic mass is 9.97. The van der Waals surface area contributed by atoms with E-state index in [9.17, 15) is 8.78 Å². The Labute approximate surface area is 107 Å². The van der Waals surface area contributed by atoms with E-state index in [1.807, 2.05) is 7.05 Å². The molecule has 18 heavy (non-hydrogen) atoms. The molecule has 0 radical (unpaired) electrons. The Hall–Kier alpha value is -0.960. The van der Waals surface area contributed by atoms with Crippen LogP contribution in [0.3, 0.4) is 0 Å². The van der Waals surface area contributed by atoms with Crippen molar-refractivity contribution in [3.8, 4) is 0 Å². The predicted molar refractivity (Wildman–Crippen MR) is 67.2 cm³/mol. The quantitative estimate of drug-likeness (QED) is 0.867. The summed E-state index contributed by atoms with van der Waals surface area (Å²) in [5, 5.41) is 3.32. The van der Waals surface area contributed by atoms with Gasteiger partial charge in [0.2, 0.25) is 0 Å². The number of fused-ring (bicyclic) bond motifs is 1. The number of benzene rings is 1. The lowest BCUT2D eigenvalue weighted by molar-refractivity contribution is 0.422. The molecule has 1 aromatic carbocycles. The van der Waals surface area contributed by atoms with Crippen molar-refractivity contribution < 1.29 is 8.78 Å². The first kappa shape index (κ1) is 12.1. The topological polar surface area (TPSA) is 12.0 Å². The van der Waals surface area contributed by atoms with Gasteiger partial charge in [0.15, 0.2) is 0 Å². The molecule has 1 nitrogen and oxygen atoms in total. The molecule has 0 bridgehead atoms. The molecule has 2 aliphatic rings. The third-order valence-electron chi connectivity index (χ3n) is 4.76. The van der Waals surface area contributed by atoms with Crippen molar-refractivity contribution in [3.05, 3.63) is 35.4 Å². The van der Waals surface area contributed by atoms with Crippen LogP contribution in [0.4, 0.5) is 8.78 Å². The highest BCUT2D eigenvalue weighted by molar-refractivity contribution is 5.21. The maximum absolute atomic E-state index is 13.7. The SMILES string of the molecule is CNC(Cc1ccc(F)cc1F)C1C2CCCC21. The fourth-order valence-corrected chi connectivity index (χ4v) is 3.83. The van der Waals surface area contributed by atoms with E-state index in [0.29, 0.717) is 23.9 Å². The van der Waals surface area contributed by atoms with Gasteiger partial charge in [-0.05, 0) is 55.7 Å². The zero-order chi connectivity index (χ0) is 12.7. The highest BCUT2D eigenvalue weighted by Crippen LogP contribution is 2.59. The number of hydrogen-bond donors (Lipinski definition) is 1. The fraction of sp³-hybridized carbons (Fsp3) is 0.600. The lowest BCUT2D eigenvalue weighted by Gasteiger charge is -2.18. The summed E-state index contributed by atoms with van der Waals surface area (Å²) >= 11 is 0. The minimum Gasteiger partial charge on any atom is -0.316 e. The van der Waals surface area contributed by atoms with Gasteiger partial charge in [0.25, 0.3) is 0 Å². The molecule has 1 aromatic rings. The summed E-state index contributed by atoms with van der Waals surface area (Å²) in [5.41, 5.74) is 0.626. The first-order valence-corrected chi connectivity index (χ1v) is 6.82. The average molecular weight is 251 g/mol. The van der Waals surface area contributed by atoms with Crippen LogP contribution in [0.5, 0.6) is 0 Å². The van der Waals surface area contributed by atoms with Crippen molar-refractivity contribution in [2.75, 3.05) is 7.05 Å². The van der Waals surface area contributed by atoms with Gasteiger partial charge in [-0.15, -0.1) is 0 Å². The van der Waals surface area contributed by atoms with Crippen molar-refractivity contribution in [3.63, 3.8) is 0 Å². The summed E-state index contributed by atoms with van der Waals surface area (Å²) in [6.45, 7) is 0. The Balaban J connectivity index is 1.70. The highest BCUT2D eigenvalue weighted by atomic mass is 19.1. The van der Waals surface area contributed by atoms with E-state index in [-0.39, 0.29) is 0 Å². The summed E-state index contributed by atoms with van der Waals surface area (Å²) in [6, 6.07) is 4.24. The van der Waals surface area contributed by atoms with Gasteiger partial charge in [-0.3, -0.25) is 0 Å². The third-order valence-corrected chi connectivity index (χ3v) is 4.76. The second-order valence-corrected chi connectivity index (χ2v) is 5.67. The number of rotatable bonds is 4. The van der Waals surface area contributed by atoms with E-state index in [2.05, 4.69) is 5.32 Å². The second kappa shape index (κ2) is 4.61. The molecule has 0 aromatic heterocycles. The van der Waals surface area contributed by atoms with Gasteiger partial charge in [-0.2, -0.15) is 0 Å². The summed E-state index contributed by atoms with van der Waals surface area (Å²) < 4.78 is 26.5. The van der Waals surface area contributed by atoms with E-state index in [1.165, 1.54) is 25.3 Å². The largest absolute Gasteiger partial charge is 0.316 e. The molecule has 0 saturated heterocycles. The summed E-state index contributed by atoms with van der Waals surface area (Å²) in [4.78, 5) is 0. The molecular formula is C15H19F2N. The maximum atomic E-state index is 13.7. The minimum atomic E-state index is -0.499. The van der Waals surface area contributed by atoms with E-state index in [0.717, 1.165) is 17.9 Å². The van der Waals surface area contributed by atoms with E-state index >= 15 is 0 Å². The standard InChI is InChI=1S/C15H19F2N/c1-18-14(15-11-3-2-4-12(11)15)7-9-5-6-10(16)8-13(9)17/h5-6,8,11-12,14-15,18H,2-4,7H2,1H3. The molecule has 98 valence electrons. The van der Waals surface area contributed by atoms with Gasteiger partial charge in [0.05, 0.1) is 0 Å². The third kappa shape index (κ3) is 2.05. The van der Waals surface area contributed by atoms with Crippen LogP contribution in [0, 0.1) is 29.4 Å².